The number of H-pyrrole nitrogens is 1. The zero-order valence-corrected chi connectivity index (χ0v) is 10.3. The lowest BCUT2D eigenvalue weighted by Crippen LogP contribution is -2.26. The van der Waals surface area contributed by atoms with Crippen LogP contribution in [0.2, 0.25) is 0 Å². The van der Waals surface area contributed by atoms with Gasteiger partial charge in [-0.15, -0.1) is 0 Å². The summed E-state index contributed by atoms with van der Waals surface area (Å²) in [6.45, 7) is 0.239. The number of rotatable bonds is 6. The normalized spacial score (nSPS) is 12.5. The molecule has 2 aromatic rings. The number of nitrogens with one attached hydrogen (secondary N) is 1. The topological polar surface area (TPSA) is 109 Å². The molecule has 0 radical (unpaired) electrons. The fraction of sp³-hybridized carbons (Fsp3) is 0.308. The monoisotopic (exact) mass is 264 g/mol. The highest BCUT2D eigenvalue weighted by Gasteiger charge is 2.10. The highest BCUT2D eigenvalue weighted by molar-refractivity contribution is 5.87. The Labute approximate surface area is 109 Å². The molecule has 0 aliphatic carbocycles. The molecule has 1 atom stereocenters. The van der Waals surface area contributed by atoms with Gasteiger partial charge < -0.3 is 25.7 Å². The number of ether oxygens (including phenoxy) is 1. The predicted molar refractivity (Wildman–Crippen MR) is 70.2 cm³/mol. The van der Waals surface area contributed by atoms with Crippen molar-refractivity contribution in [3.05, 3.63) is 30.0 Å². The summed E-state index contributed by atoms with van der Waals surface area (Å²) in [6, 6.07) is 7.15. The molecule has 0 bridgehead atoms. The fourth-order valence-corrected chi connectivity index (χ4v) is 1.82. The van der Waals surface area contributed by atoms with Crippen molar-refractivity contribution >= 4 is 16.9 Å². The number of carboxylic acids is 1. The minimum Gasteiger partial charge on any atom is -0.490 e. The van der Waals surface area contributed by atoms with E-state index in [1.165, 1.54) is 0 Å². The number of carbonyl (C=O) groups is 1. The molecule has 19 heavy (non-hydrogen) atoms. The van der Waals surface area contributed by atoms with Gasteiger partial charge in [0.1, 0.15) is 18.5 Å². The van der Waals surface area contributed by atoms with Crippen molar-refractivity contribution in [3.63, 3.8) is 0 Å². The highest BCUT2D eigenvalue weighted by Crippen LogP contribution is 2.26. The van der Waals surface area contributed by atoms with Crippen molar-refractivity contribution in [1.29, 1.82) is 0 Å². The van der Waals surface area contributed by atoms with E-state index in [0.29, 0.717) is 11.4 Å². The summed E-state index contributed by atoms with van der Waals surface area (Å²) < 4.78 is 5.49. The van der Waals surface area contributed by atoms with E-state index in [1.54, 1.807) is 18.2 Å². The summed E-state index contributed by atoms with van der Waals surface area (Å²) in [4.78, 5) is 13.7. The zero-order valence-electron chi connectivity index (χ0n) is 10.3. The quantitative estimate of drug-likeness (QED) is 0.607. The number of aromatic nitrogens is 1. The Morgan fingerprint density at radius 1 is 1.47 bits per heavy atom. The van der Waals surface area contributed by atoms with Gasteiger partial charge in [-0.25, -0.2) is 0 Å². The number of hydrogen-bond acceptors (Lipinski definition) is 4. The predicted octanol–water partition coefficient (Wildman–Crippen LogP) is 0.493. The van der Waals surface area contributed by atoms with Gasteiger partial charge in [-0.1, -0.05) is 6.07 Å². The first kappa shape index (κ1) is 13.4. The summed E-state index contributed by atoms with van der Waals surface area (Å²) in [5.41, 5.74) is 6.72. The van der Waals surface area contributed by atoms with Gasteiger partial charge in [-0.3, -0.25) is 4.79 Å². The van der Waals surface area contributed by atoms with Gasteiger partial charge in [-0.05, 0) is 18.2 Å². The summed E-state index contributed by atoms with van der Waals surface area (Å²) >= 11 is 0. The molecule has 2 rings (SSSR count). The molecule has 1 aromatic carbocycles. The summed E-state index contributed by atoms with van der Waals surface area (Å²) in [5.74, 6) is -0.300. The molecule has 1 unspecified atom stereocenters. The second kappa shape index (κ2) is 5.73. The van der Waals surface area contributed by atoms with E-state index in [2.05, 4.69) is 4.98 Å². The number of carboxylic acid groups (broad SMARTS) is 1. The van der Waals surface area contributed by atoms with Gasteiger partial charge in [0.2, 0.25) is 0 Å². The first-order valence-corrected chi connectivity index (χ1v) is 5.93. The lowest BCUT2D eigenvalue weighted by molar-refractivity contribution is -0.136. The molecule has 1 aromatic heterocycles. The number of aromatic amines is 1. The maximum absolute atomic E-state index is 10.7. The molecule has 102 valence electrons. The second-order valence-corrected chi connectivity index (χ2v) is 4.28. The number of aliphatic hydroxyl groups is 1. The van der Waals surface area contributed by atoms with Crippen LogP contribution in [0.3, 0.4) is 0 Å². The van der Waals surface area contributed by atoms with Gasteiger partial charge >= 0.3 is 5.97 Å². The standard InChI is InChI=1S/C13H16N2O4/c14-6-9(16)7-19-12-3-1-2-11-10(12)4-8(15-11)5-13(17)18/h1-4,9,15-16H,5-7,14H2,(H,17,18). The van der Waals surface area contributed by atoms with Crippen molar-refractivity contribution in [3.8, 4) is 5.75 Å². The van der Waals surface area contributed by atoms with Crippen LogP contribution in [-0.4, -0.2) is 40.4 Å². The molecular weight excluding hydrogens is 248 g/mol. The summed E-state index contributed by atoms with van der Waals surface area (Å²) in [7, 11) is 0. The Bertz CT molecular complexity index is 579. The Balaban J connectivity index is 2.23. The maximum atomic E-state index is 10.7. The van der Waals surface area contributed by atoms with Crippen LogP contribution >= 0.6 is 0 Å². The van der Waals surface area contributed by atoms with E-state index in [0.717, 1.165) is 10.9 Å². The van der Waals surface area contributed by atoms with Gasteiger partial charge in [0.05, 0.1) is 6.42 Å². The number of aliphatic hydroxyl groups excluding tert-OH is 1. The molecule has 1 heterocycles. The molecule has 0 spiro atoms. The lowest BCUT2D eigenvalue weighted by Gasteiger charge is -2.10. The SMILES string of the molecule is NCC(O)COc1cccc2[nH]c(CC(=O)O)cc12. The molecule has 0 saturated carbocycles. The molecule has 0 aliphatic rings. The van der Waals surface area contributed by atoms with Crippen molar-refractivity contribution in [2.24, 2.45) is 5.73 Å². The minimum atomic E-state index is -0.896. The maximum Gasteiger partial charge on any atom is 0.309 e. The molecular formula is C13H16N2O4. The first-order chi connectivity index (χ1) is 9.10. The van der Waals surface area contributed by atoms with Gasteiger partial charge in [0.25, 0.3) is 0 Å². The van der Waals surface area contributed by atoms with Gasteiger partial charge in [0, 0.05) is 23.1 Å². The highest BCUT2D eigenvalue weighted by atomic mass is 16.5. The van der Waals surface area contributed by atoms with E-state index in [9.17, 15) is 9.90 Å². The Morgan fingerprint density at radius 3 is 2.95 bits per heavy atom. The van der Waals surface area contributed by atoms with Crippen LogP contribution in [0.5, 0.6) is 5.75 Å². The molecule has 6 nitrogen and oxygen atoms in total. The lowest BCUT2D eigenvalue weighted by atomic mass is 10.2. The molecule has 5 N–H and O–H groups in total. The molecule has 0 aliphatic heterocycles. The third-order valence-corrected chi connectivity index (χ3v) is 2.72. The number of fused-ring (bicyclic) bond motifs is 1. The van der Waals surface area contributed by atoms with Crippen LogP contribution in [0.1, 0.15) is 5.69 Å². The molecule has 0 amide bonds. The smallest absolute Gasteiger partial charge is 0.309 e. The first-order valence-electron chi connectivity index (χ1n) is 5.93. The van der Waals surface area contributed by atoms with E-state index < -0.39 is 12.1 Å². The minimum absolute atomic E-state index is 0.0699. The van der Waals surface area contributed by atoms with E-state index in [1.807, 2.05) is 6.07 Å². The van der Waals surface area contributed by atoms with Crippen LogP contribution in [0.4, 0.5) is 0 Å². The number of aliphatic carboxylic acids is 1. The summed E-state index contributed by atoms with van der Waals surface area (Å²) in [5, 5.41) is 18.9. The second-order valence-electron chi connectivity index (χ2n) is 4.28. The molecule has 6 heteroatoms. The summed E-state index contributed by atoms with van der Waals surface area (Å²) in [6.07, 6.45) is -0.785. The van der Waals surface area contributed by atoms with Crippen LogP contribution < -0.4 is 10.5 Å². The third kappa shape index (κ3) is 3.24. The van der Waals surface area contributed by atoms with Crippen LogP contribution in [0.25, 0.3) is 10.9 Å². The van der Waals surface area contributed by atoms with Crippen molar-refractivity contribution in [2.75, 3.05) is 13.2 Å². The van der Waals surface area contributed by atoms with E-state index in [-0.39, 0.29) is 19.6 Å². The molecule has 0 fully saturated rings. The average Bonchev–Trinajstić information content (AvgIpc) is 2.77. The van der Waals surface area contributed by atoms with Crippen LogP contribution in [0, 0.1) is 0 Å². The number of nitrogens with two attached hydrogens (primary N) is 1. The Kier molecular flexibility index (Phi) is 4.03. The van der Waals surface area contributed by atoms with Crippen molar-refractivity contribution in [1.82, 2.24) is 4.98 Å². The van der Waals surface area contributed by atoms with Gasteiger partial charge in [0.15, 0.2) is 0 Å². The fourth-order valence-electron chi connectivity index (χ4n) is 1.82. The Morgan fingerprint density at radius 2 is 2.26 bits per heavy atom. The Hall–Kier alpha value is -2.05. The number of hydrogen-bond donors (Lipinski definition) is 4. The van der Waals surface area contributed by atoms with Crippen molar-refractivity contribution in [2.45, 2.75) is 12.5 Å². The zero-order chi connectivity index (χ0) is 13.8. The van der Waals surface area contributed by atoms with Crippen LogP contribution in [-0.2, 0) is 11.2 Å². The average molecular weight is 264 g/mol. The van der Waals surface area contributed by atoms with E-state index >= 15 is 0 Å². The van der Waals surface area contributed by atoms with E-state index in [4.69, 9.17) is 15.6 Å². The number of benzene rings is 1. The third-order valence-electron chi connectivity index (χ3n) is 2.72. The van der Waals surface area contributed by atoms with Gasteiger partial charge in [-0.2, -0.15) is 0 Å². The largest absolute Gasteiger partial charge is 0.490 e. The molecule has 0 saturated heterocycles. The van der Waals surface area contributed by atoms with Crippen LogP contribution in [0.15, 0.2) is 24.3 Å². The van der Waals surface area contributed by atoms with Crippen molar-refractivity contribution < 1.29 is 19.7 Å².